The molecule has 2 aromatic heterocycles. The van der Waals surface area contributed by atoms with Gasteiger partial charge in [-0.15, -0.1) is 11.3 Å². The Kier molecular flexibility index (Phi) is 9.65. The van der Waals surface area contributed by atoms with Crippen LogP contribution >= 0.6 is 11.3 Å². The molecule has 0 unspecified atom stereocenters. The maximum Gasteiger partial charge on any atom is 0.317 e. The topological polar surface area (TPSA) is 94.8 Å². The number of ketones is 1. The number of pyridine rings is 1. The van der Waals surface area contributed by atoms with Gasteiger partial charge in [-0.25, -0.2) is 4.79 Å². The van der Waals surface area contributed by atoms with Crippen LogP contribution in [0.25, 0.3) is 0 Å². The van der Waals surface area contributed by atoms with E-state index in [1.807, 2.05) is 39.9 Å². The number of carbonyl (C=O) groups is 2. The third-order valence-corrected chi connectivity index (χ3v) is 7.52. The first-order valence-corrected chi connectivity index (χ1v) is 13.7. The summed E-state index contributed by atoms with van der Waals surface area (Å²) in [5.74, 6) is -0.0674. The van der Waals surface area contributed by atoms with Gasteiger partial charge in [-0.2, -0.15) is 0 Å². The minimum absolute atomic E-state index is 0.0674. The van der Waals surface area contributed by atoms with E-state index < -0.39 is 0 Å². The standard InChI is InChI=1S/C28H36N6O2S/c1-32-11-13-33(14-12-32)15-16-34(28(36)30-10-9-22-5-3-2-4-6-22)19-23-7-8-26(31-18-23)27(35)17-24-20-37-21-25(24)29/h2-8,18,20-21H,9-17,19,29H2,1H3,(H,30,36). The Balaban J connectivity index is 1.35. The van der Waals surface area contributed by atoms with E-state index in [0.29, 0.717) is 31.0 Å². The second kappa shape index (κ2) is 13.3. The second-order valence-electron chi connectivity index (χ2n) is 9.54. The van der Waals surface area contributed by atoms with Gasteiger partial charge in [0.1, 0.15) is 5.69 Å². The van der Waals surface area contributed by atoms with Crippen LogP contribution in [-0.2, 0) is 19.4 Å². The summed E-state index contributed by atoms with van der Waals surface area (Å²) in [5.41, 5.74) is 9.89. The lowest BCUT2D eigenvalue weighted by molar-refractivity contribution is 0.0988. The number of thiophene rings is 1. The van der Waals surface area contributed by atoms with Crippen LogP contribution in [-0.4, -0.2) is 84.4 Å². The zero-order valence-electron chi connectivity index (χ0n) is 21.4. The quantitative estimate of drug-likeness (QED) is 0.377. The van der Waals surface area contributed by atoms with Gasteiger partial charge in [0.05, 0.1) is 0 Å². The lowest BCUT2D eigenvalue weighted by Gasteiger charge is -2.34. The van der Waals surface area contributed by atoms with Gasteiger partial charge in [0.15, 0.2) is 5.78 Å². The molecule has 9 heteroatoms. The third-order valence-electron chi connectivity index (χ3n) is 6.71. The summed E-state index contributed by atoms with van der Waals surface area (Å²) in [4.78, 5) is 36.8. The fourth-order valence-corrected chi connectivity index (χ4v) is 5.05. The lowest BCUT2D eigenvalue weighted by atomic mass is 10.1. The molecule has 1 aliphatic rings. The highest BCUT2D eigenvalue weighted by Gasteiger charge is 2.19. The highest BCUT2D eigenvalue weighted by atomic mass is 32.1. The molecular formula is C28H36N6O2S. The Morgan fingerprint density at radius 1 is 1.05 bits per heavy atom. The number of nitrogens with zero attached hydrogens (tertiary/aromatic N) is 4. The average molecular weight is 521 g/mol. The van der Waals surface area contributed by atoms with Gasteiger partial charge in [0, 0.05) is 76.0 Å². The first-order chi connectivity index (χ1) is 18.0. The molecule has 0 spiro atoms. The number of anilines is 1. The van der Waals surface area contributed by atoms with Crippen molar-refractivity contribution in [3.63, 3.8) is 0 Å². The van der Waals surface area contributed by atoms with Gasteiger partial charge in [-0.05, 0) is 41.6 Å². The fraction of sp³-hybridized carbons (Fsp3) is 0.393. The number of amides is 2. The second-order valence-corrected chi connectivity index (χ2v) is 10.3. The minimum Gasteiger partial charge on any atom is -0.398 e. The fourth-order valence-electron chi connectivity index (χ4n) is 4.30. The van der Waals surface area contributed by atoms with Crippen molar-refractivity contribution in [3.8, 4) is 0 Å². The Bertz CT molecular complexity index is 1140. The summed E-state index contributed by atoms with van der Waals surface area (Å²) in [6.07, 6.45) is 2.72. The van der Waals surface area contributed by atoms with E-state index in [1.54, 1.807) is 12.3 Å². The molecule has 4 rings (SSSR count). The number of urea groups is 1. The van der Waals surface area contributed by atoms with Crippen LogP contribution in [0.2, 0.25) is 0 Å². The molecule has 0 saturated carbocycles. The molecule has 196 valence electrons. The molecule has 1 saturated heterocycles. The summed E-state index contributed by atoms with van der Waals surface area (Å²) in [7, 11) is 2.14. The Morgan fingerprint density at radius 2 is 1.84 bits per heavy atom. The van der Waals surface area contributed by atoms with Crippen molar-refractivity contribution in [2.45, 2.75) is 19.4 Å². The molecule has 1 fully saturated rings. The molecule has 3 aromatic rings. The Labute approximate surface area is 223 Å². The summed E-state index contributed by atoms with van der Waals surface area (Å²) in [6.45, 7) is 6.56. The van der Waals surface area contributed by atoms with Crippen molar-refractivity contribution in [2.24, 2.45) is 0 Å². The number of nitrogens with one attached hydrogen (secondary N) is 1. The van der Waals surface area contributed by atoms with Gasteiger partial charge in [0.25, 0.3) is 0 Å². The smallest absolute Gasteiger partial charge is 0.317 e. The molecule has 0 bridgehead atoms. The van der Waals surface area contributed by atoms with Crippen molar-refractivity contribution in [1.82, 2.24) is 25.0 Å². The molecule has 0 aliphatic carbocycles. The first-order valence-electron chi connectivity index (χ1n) is 12.7. The van der Waals surface area contributed by atoms with Gasteiger partial charge in [-0.1, -0.05) is 36.4 Å². The number of aromatic nitrogens is 1. The van der Waals surface area contributed by atoms with Crippen molar-refractivity contribution in [3.05, 3.63) is 81.8 Å². The molecule has 3 N–H and O–H groups in total. The molecule has 37 heavy (non-hydrogen) atoms. The predicted molar refractivity (Wildman–Crippen MR) is 149 cm³/mol. The summed E-state index contributed by atoms with van der Waals surface area (Å²) >= 11 is 1.49. The predicted octanol–water partition coefficient (Wildman–Crippen LogP) is 3.15. The number of benzene rings is 1. The first kappa shape index (κ1) is 26.8. The minimum atomic E-state index is -0.0851. The van der Waals surface area contributed by atoms with Crippen LogP contribution in [0.15, 0.2) is 59.4 Å². The molecule has 8 nitrogen and oxygen atoms in total. The number of hydrogen-bond acceptors (Lipinski definition) is 7. The number of carbonyl (C=O) groups excluding carboxylic acids is 2. The van der Waals surface area contributed by atoms with Crippen molar-refractivity contribution in [2.75, 3.05) is 58.6 Å². The maximum atomic E-state index is 13.2. The molecule has 2 amide bonds. The van der Waals surface area contributed by atoms with Crippen LogP contribution in [0, 0.1) is 0 Å². The Hall–Kier alpha value is -3.27. The van der Waals surface area contributed by atoms with Crippen LogP contribution in [0.1, 0.15) is 27.2 Å². The number of Topliss-reactive ketones (excluding diaryl/α,β-unsaturated/α-hetero) is 1. The van der Waals surface area contributed by atoms with E-state index in [9.17, 15) is 9.59 Å². The molecule has 3 heterocycles. The van der Waals surface area contributed by atoms with E-state index in [0.717, 1.165) is 50.3 Å². The summed E-state index contributed by atoms with van der Waals surface area (Å²) in [5, 5.41) is 6.81. The number of rotatable bonds is 11. The number of nitrogens with two attached hydrogens (primary N) is 1. The van der Waals surface area contributed by atoms with Crippen molar-refractivity contribution >= 4 is 28.8 Å². The van der Waals surface area contributed by atoms with Crippen LogP contribution in [0.3, 0.4) is 0 Å². The molecule has 0 atom stereocenters. The average Bonchev–Trinajstić information content (AvgIpc) is 3.32. The summed E-state index contributed by atoms with van der Waals surface area (Å²) in [6, 6.07) is 13.7. The normalized spacial score (nSPS) is 14.4. The van der Waals surface area contributed by atoms with E-state index in [-0.39, 0.29) is 18.2 Å². The number of nitrogen functional groups attached to an aromatic ring is 1. The van der Waals surface area contributed by atoms with Gasteiger partial charge in [-0.3, -0.25) is 14.7 Å². The van der Waals surface area contributed by atoms with Crippen LogP contribution in [0.4, 0.5) is 10.5 Å². The monoisotopic (exact) mass is 520 g/mol. The van der Waals surface area contributed by atoms with E-state index in [4.69, 9.17) is 5.73 Å². The number of hydrogen-bond donors (Lipinski definition) is 2. The van der Waals surface area contributed by atoms with Crippen LogP contribution < -0.4 is 11.1 Å². The molecule has 1 aliphatic heterocycles. The Morgan fingerprint density at radius 3 is 2.51 bits per heavy atom. The van der Waals surface area contributed by atoms with Crippen molar-refractivity contribution in [1.29, 1.82) is 0 Å². The summed E-state index contributed by atoms with van der Waals surface area (Å²) < 4.78 is 0. The lowest BCUT2D eigenvalue weighted by Crippen LogP contribution is -2.49. The van der Waals surface area contributed by atoms with E-state index in [2.05, 4.69) is 39.3 Å². The molecular weight excluding hydrogens is 484 g/mol. The molecule has 1 aromatic carbocycles. The zero-order valence-corrected chi connectivity index (χ0v) is 22.3. The largest absolute Gasteiger partial charge is 0.398 e. The maximum absolute atomic E-state index is 13.2. The van der Waals surface area contributed by atoms with Crippen LogP contribution in [0.5, 0.6) is 0 Å². The van der Waals surface area contributed by atoms with E-state index >= 15 is 0 Å². The van der Waals surface area contributed by atoms with Crippen molar-refractivity contribution < 1.29 is 9.59 Å². The number of likely N-dealkylation sites (N-methyl/N-ethyl adjacent to an activating group) is 1. The van der Waals surface area contributed by atoms with Gasteiger partial charge < -0.3 is 20.9 Å². The van der Waals surface area contributed by atoms with E-state index in [1.165, 1.54) is 16.9 Å². The molecule has 0 radical (unpaired) electrons. The zero-order chi connectivity index (χ0) is 26.0. The SMILES string of the molecule is CN1CCN(CCN(Cc2ccc(C(=O)Cc3cscc3N)nc2)C(=O)NCCc2ccccc2)CC1. The van der Waals surface area contributed by atoms with Gasteiger partial charge >= 0.3 is 6.03 Å². The highest BCUT2D eigenvalue weighted by molar-refractivity contribution is 7.08. The highest BCUT2D eigenvalue weighted by Crippen LogP contribution is 2.19. The third kappa shape index (κ3) is 8.11. The van der Waals surface area contributed by atoms with Gasteiger partial charge in [0.2, 0.25) is 0 Å². The number of piperazine rings is 1.